The van der Waals surface area contributed by atoms with Crippen LogP contribution in [0.1, 0.15) is 23.0 Å². The van der Waals surface area contributed by atoms with E-state index in [1.54, 1.807) is 30.5 Å². The number of rotatable bonds is 6. The van der Waals surface area contributed by atoms with Gasteiger partial charge in [0, 0.05) is 11.3 Å². The third-order valence-electron chi connectivity index (χ3n) is 4.92. The lowest BCUT2D eigenvalue weighted by Crippen LogP contribution is -2.41. The number of ketones is 1. The van der Waals surface area contributed by atoms with E-state index >= 15 is 0 Å². The highest BCUT2D eigenvalue weighted by molar-refractivity contribution is 5.94. The van der Waals surface area contributed by atoms with Gasteiger partial charge < -0.3 is 23.9 Å². The number of fused-ring (bicyclic) bond motifs is 1. The zero-order chi connectivity index (χ0) is 19.5. The Balaban J connectivity index is 1.27. The standard InChI is InChI=1S/C20H22N2O6/c1-12(23)13-4-6-14(7-5-13)22-20(24)28-17-11-27-18-16(10-26-19(17)18)21-9-15-3-2-8-25-15/h2-8,16-19,21H,9-11H2,1H3,(H,22,24)/t16-,17-,18-,19+/m0/s1. The third kappa shape index (κ3) is 4.09. The number of carbonyl (C=O) groups excluding carboxylic acids is 2. The van der Waals surface area contributed by atoms with Gasteiger partial charge in [0.15, 0.2) is 11.9 Å². The van der Waals surface area contributed by atoms with E-state index in [0.717, 1.165) is 5.76 Å². The Hall–Kier alpha value is -2.68. The molecule has 0 aliphatic carbocycles. The monoisotopic (exact) mass is 386 g/mol. The predicted octanol–water partition coefficient (Wildman–Crippen LogP) is 2.36. The van der Waals surface area contributed by atoms with Crippen LogP contribution in [0.5, 0.6) is 0 Å². The van der Waals surface area contributed by atoms with Gasteiger partial charge >= 0.3 is 6.09 Å². The molecule has 8 nitrogen and oxygen atoms in total. The second-order valence-corrected chi connectivity index (χ2v) is 6.86. The van der Waals surface area contributed by atoms with Gasteiger partial charge in [-0.3, -0.25) is 10.1 Å². The van der Waals surface area contributed by atoms with Crippen LogP contribution in [0, 0.1) is 0 Å². The fraction of sp³-hybridized carbons (Fsp3) is 0.400. The molecular weight excluding hydrogens is 364 g/mol. The summed E-state index contributed by atoms with van der Waals surface area (Å²) in [6.07, 6.45) is 0.0903. The molecule has 1 aromatic carbocycles. The molecule has 28 heavy (non-hydrogen) atoms. The number of anilines is 1. The first-order chi connectivity index (χ1) is 13.6. The molecule has 1 amide bonds. The number of carbonyl (C=O) groups is 2. The summed E-state index contributed by atoms with van der Waals surface area (Å²) in [6, 6.07) is 10.4. The van der Waals surface area contributed by atoms with Gasteiger partial charge in [-0.15, -0.1) is 0 Å². The van der Waals surface area contributed by atoms with Crippen LogP contribution in [0.3, 0.4) is 0 Å². The highest BCUT2D eigenvalue weighted by Gasteiger charge is 2.49. The van der Waals surface area contributed by atoms with Crippen LogP contribution in [0.25, 0.3) is 0 Å². The minimum Gasteiger partial charge on any atom is -0.468 e. The van der Waals surface area contributed by atoms with E-state index in [2.05, 4.69) is 10.6 Å². The second-order valence-electron chi connectivity index (χ2n) is 6.86. The van der Waals surface area contributed by atoms with Crippen molar-refractivity contribution >= 4 is 17.6 Å². The maximum atomic E-state index is 12.2. The number of hydrogen-bond donors (Lipinski definition) is 2. The first-order valence-electron chi connectivity index (χ1n) is 9.18. The topological polar surface area (TPSA) is 99.0 Å². The Morgan fingerprint density at radius 2 is 1.89 bits per heavy atom. The molecule has 8 heteroatoms. The number of furan rings is 1. The average molecular weight is 386 g/mol. The quantitative estimate of drug-likeness (QED) is 0.735. The summed E-state index contributed by atoms with van der Waals surface area (Å²) >= 11 is 0. The minimum absolute atomic E-state index is 0.00545. The van der Waals surface area contributed by atoms with Gasteiger partial charge in [-0.05, 0) is 43.3 Å². The Morgan fingerprint density at radius 1 is 1.11 bits per heavy atom. The number of ether oxygens (including phenoxy) is 3. The van der Waals surface area contributed by atoms with Crippen LogP contribution in [0.4, 0.5) is 10.5 Å². The Morgan fingerprint density at radius 3 is 2.61 bits per heavy atom. The van der Waals surface area contributed by atoms with Crippen molar-refractivity contribution in [1.29, 1.82) is 0 Å². The van der Waals surface area contributed by atoms with E-state index in [4.69, 9.17) is 18.6 Å². The van der Waals surface area contributed by atoms with Crippen molar-refractivity contribution in [3.8, 4) is 0 Å². The maximum Gasteiger partial charge on any atom is 0.412 e. The summed E-state index contributed by atoms with van der Waals surface area (Å²) in [5, 5.41) is 6.01. The molecule has 2 N–H and O–H groups in total. The minimum atomic E-state index is -0.583. The van der Waals surface area contributed by atoms with Crippen LogP contribution in [-0.4, -0.2) is 49.4 Å². The van der Waals surface area contributed by atoms with Crippen molar-refractivity contribution in [2.24, 2.45) is 0 Å². The molecule has 4 atom stereocenters. The van der Waals surface area contributed by atoms with E-state index in [9.17, 15) is 9.59 Å². The Bertz CT molecular complexity index is 820. The summed E-state index contributed by atoms with van der Waals surface area (Å²) in [5.41, 5.74) is 1.13. The highest BCUT2D eigenvalue weighted by atomic mass is 16.6. The van der Waals surface area contributed by atoms with E-state index in [0.29, 0.717) is 24.4 Å². The molecule has 4 rings (SSSR count). The fourth-order valence-corrected chi connectivity index (χ4v) is 3.46. The summed E-state index contributed by atoms with van der Waals surface area (Å²) in [7, 11) is 0. The average Bonchev–Trinajstić information content (AvgIpc) is 3.40. The second kappa shape index (κ2) is 8.14. The predicted molar refractivity (Wildman–Crippen MR) is 99.2 cm³/mol. The Kier molecular flexibility index (Phi) is 5.43. The van der Waals surface area contributed by atoms with Crippen molar-refractivity contribution in [2.45, 2.75) is 37.8 Å². The first-order valence-corrected chi connectivity index (χ1v) is 9.18. The molecule has 2 aliphatic rings. The maximum absolute atomic E-state index is 12.2. The molecule has 0 spiro atoms. The molecule has 3 heterocycles. The Labute approximate surface area is 162 Å². The van der Waals surface area contributed by atoms with Crippen molar-refractivity contribution in [3.05, 3.63) is 54.0 Å². The molecule has 2 aliphatic heterocycles. The molecule has 0 radical (unpaired) electrons. The summed E-state index contributed by atoms with van der Waals surface area (Å²) in [4.78, 5) is 23.5. The molecule has 2 fully saturated rings. The van der Waals surface area contributed by atoms with Crippen LogP contribution < -0.4 is 10.6 Å². The van der Waals surface area contributed by atoms with Gasteiger partial charge in [0.05, 0.1) is 32.1 Å². The molecular formula is C20H22N2O6. The van der Waals surface area contributed by atoms with Crippen molar-refractivity contribution < 1.29 is 28.2 Å². The molecule has 1 aromatic heterocycles. The molecule has 0 unspecified atom stereocenters. The van der Waals surface area contributed by atoms with Crippen LogP contribution in [0.2, 0.25) is 0 Å². The lowest BCUT2D eigenvalue weighted by atomic mass is 10.1. The number of benzene rings is 1. The first kappa shape index (κ1) is 18.7. The van der Waals surface area contributed by atoms with Crippen molar-refractivity contribution in [3.63, 3.8) is 0 Å². The van der Waals surface area contributed by atoms with Crippen LogP contribution >= 0.6 is 0 Å². The summed E-state index contributed by atoms with van der Waals surface area (Å²) < 4.78 is 22.4. The number of hydrogen-bond acceptors (Lipinski definition) is 7. The lowest BCUT2D eigenvalue weighted by molar-refractivity contribution is 0.00852. The largest absolute Gasteiger partial charge is 0.468 e. The van der Waals surface area contributed by atoms with E-state index in [1.165, 1.54) is 6.92 Å². The lowest BCUT2D eigenvalue weighted by Gasteiger charge is -2.17. The zero-order valence-electron chi connectivity index (χ0n) is 15.4. The number of Topliss-reactive ketones (excluding diaryl/α,β-unsaturated/α-hetero) is 1. The van der Waals surface area contributed by atoms with E-state index < -0.39 is 12.2 Å². The summed E-state index contributed by atoms with van der Waals surface area (Å²) in [5.74, 6) is 0.807. The molecule has 2 aromatic rings. The number of nitrogens with one attached hydrogen (secondary N) is 2. The van der Waals surface area contributed by atoms with Gasteiger partial charge in [-0.1, -0.05) is 0 Å². The van der Waals surface area contributed by atoms with Gasteiger partial charge in [0.25, 0.3) is 0 Å². The van der Waals surface area contributed by atoms with Crippen molar-refractivity contribution in [1.82, 2.24) is 5.32 Å². The number of amides is 1. The fourth-order valence-electron chi connectivity index (χ4n) is 3.46. The molecule has 0 saturated carbocycles. The smallest absolute Gasteiger partial charge is 0.412 e. The zero-order valence-corrected chi connectivity index (χ0v) is 15.4. The van der Waals surface area contributed by atoms with Gasteiger partial charge in [-0.25, -0.2) is 4.79 Å². The van der Waals surface area contributed by atoms with Crippen LogP contribution in [-0.2, 0) is 20.8 Å². The van der Waals surface area contributed by atoms with Gasteiger partial charge in [0.2, 0.25) is 0 Å². The molecule has 148 valence electrons. The van der Waals surface area contributed by atoms with Gasteiger partial charge in [-0.2, -0.15) is 0 Å². The molecule has 2 saturated heterocycles. The molecule has 0 bridgehead atoms. The SMILES string of the molecule is CC(=O)c1ccc(NC(=O)O[C@H]2CO[C@@H]3[C@@H]2OC[C@@H]3NCc2ccco2)cc1. The summed E-state index contributed by atoms with van der Waals surface area (Å²) in [6.45, 7) is 2.83. The normalized spacial score (nSPS) is 26.0. The van der Waals surface area contributed by atoms with Gasteiger partial charge in [0.1, 0.15) is 18.0 Å². The van der Waals surface area contributed by atoms with Crippen LogP contribution in [0.15, 0.2) is 47.1 Å². The van der Waals surface area contributed by atoms with E-state index in [1.807, 2.05) is 12.1 Å². The third-order valence-corrected chi connectivity index (χ3v) is 4.92. The highest BCUT2D eigenvalue weighted by Crippen LogP contribution is 2.29. The van der Waals surface area contributed by atoms with E-state index in [-0.39, 0.29) is 30.6 Å². The van der Waals surface area contributed by atoms with Crippen molar-refractivity contribution in [2.75, 3.05) is 18.5 Å².